The van der Waals surface area contributed by atoms with Crippen LogP contribution < -0.4 is 16.0 Å². The molecule has 0 unspecified atom stereocenters. The van der Waals surface area contributed by atoms with Crippen molar-refractivity contribution >= 4 is 23.8 Å². The average Bonchev–Trinajstić information content (AvgIpc) is 2.85. The Bertz CT molecular complexity index is 572. The molecule has 1 aliphatic heterocycles. The molecule has 22 heavy (non-hydrogen) atoms. The lowest BCUT2D eigenvalue weighted by molar-refractivity contribution is -0.125. The van der Waals surface area contributed by atoms with Crippen LogP contribution in [0.2, 0.25) is 0 Å². The standard InChI is InChI=1S/C14H16N4O4/c19-11(8-16-13(21)10-4-2-1-3-5-10)15-6-7-18-12(20)9-17-14(18)22/h1-5H,6-9H2,(H,15,19)(H,16,21)(H,17,22). The quantitative estimate of drug-likeness (QED) is 0.591. The second-order valence-electron chi connectivity index (χ2n) is 4.60. The van der Waals surface area contributed by atoms with Crippen LogP contribution in [0.5, 0.6) is 0 Å². The van der Waals surface area contributed by atoms with Crippen molar-refractivity contribution in [2.24, 2.45) is 0 Å². The normalized spacial score (nSPS) is 13.7. The lowest BCUT2D eigenvalue weighted by Gasteiger charge is -2.12. The number of hydrogen-bond acceptors (Lipinski definition) is 4. The zero-order valence-electron chi connectivity index (χ0n) is 11.8. The largest absolute Gasteiger partial charge is 0.353 e. The van der Waals surface area contributed by atoms with Gasteiger partial charge in [0.2, 0.25) is 11.8 Å². The minimum absolute atomic E-state index is 0.0140. The number of nitrogens with zero attached hydrogens (tertiary/aromatic N) is 1. The van der Waals surface area contributed by atoms with Crippen molar-refractivity contribution in [2.45, 2.75) is 0 Å². The predicted octanol–water partition coefficient (Wildman–Crippen LogP) is -0.916. The maximum absolute atomic E-state index is 11.7. The molecule has 0 radical (unpaired) electrons. The van der Waals surface area contributed by atoms with Gasteiger partial charge in [-0.05, 0) is 12.1 Å². The van der Waals surface area contributed by atoms with E-state index in [4.69, 9.17) is 0 Å². The molecule has 0 atom stereocenters. The number of hydrogen-bond donors (Lipinski definition) is 3. The number of amides is 5. The average molecular weight is 304 g/mol. The molecule has 8 nitrogen and oxygen atoms in total. The van der Waals surface area contributed by atoms with Crippen molar-refractivity contribution in [3.63, 3.8) is 0 Å². The summed E-state index contributed by atoms with van der Waals surface area (Å²) in [5.41, 5.74) is 0.467. The van der Waals surface area contributed by atoms with E-state index >= 15 is 0 Å². The molecule has 0 aromatic heterocycles. The van der Waals surface area contributed by atoms with Crippen molar-refractivity contribution in [2.75, 3.05) is 26.2 Å². The number of benzene rings is 1. The molecule has 8 heteroatoms. The SMILES string of the molecule is O=C(CNC(=O)c1ccccc1)NCCN1C(=O)CNC1=O. The third-order valence-electron chi connectivity index (χ3n) is 3.04. The molecular weight excluding hydrogens is 288 g/mol. The van der Waals surface area contributed by atoms with Crippen LogP contribution in [-0.4, -0.2) is 54.8 Å². The number of rotatable bonds is 6. The van der Waals surface area contributed by atoms with Crippen LogP contribution in [0.25, 0.3) is 0 Å². The van der Waals surface area contributed by atoms with Gasteiger partial charge in [0.25, 0.3) is 5.91 Å². The maximum Gasteiger partial charge on any atom is 0.324 e. The molecule has 1 saturated heterocycles. The number of nitrogens with one attached hydrogen (secondary N) is 3. The summed E-state index contributed by atoms with van der Waals surface area (Å²) in [6, 6.07) is 8.08. The lowest BCUT2D eigenvalue weighted by Crippen LogP contribution is -2.42. The fourth-order valence-corrected chi connectivity index (χ4v) is 1.90. The number of imide groups is 1. The Labute approximate surface area is 126 Å². The van der Waals surface area contributed by atoms with E-state index in [1.807, 2.05) is 0 Å². The highest BCUT2D eigenvalue weighted by molar-refractivity contribution is 6.02. The van der Waals surface area contributed by atoms with Crippen LogP contribution in [0.1, 0.15) is 10.4 Å². The molecule has 1 heterocycles. The third-order valence-corrected chi connectivity index (χ3v) is 3.04. The van der Waals surface area contributed by atoms with Gasteiger partial charge in [0.15, 0.2) is 0 Å². The first-order chi connectivity index (χ1) is 10.6. The zero-order chi connectivity index (χ0) is 15.9. The van der Waals surface area contributed by atoms with E-state index in [1.165, 1.54) is 0 Å². The molecule has 0 bridgehead atoms. The highest BCUT2D eigenvalue weighted by atomic mass is 16.2. The van der Waals surface area contributed by atoms with E-state index in [0.717, 1.165) is 4.90 Å². The predicted molar refractivity (Wildman–Crippen MR) is 76.9 cm³/mol. The second-order valence-corrected chi connectivity index (χ2v) is 4.60. The van der Waals surface area contributed by atoms with Gasteiger partial charge in [-0.25, -0.2) is 4.79 Å². The van der Waals surface area contributed by atoms with Crippen molar-refractivity contribution in [1.29, 1.82) is 0 Å². The van der Waals surface area contributed by atoms with Gasteiger partial charge in [-0.1, -0.05) is 18.2 Å². The summed E-state index contributed by atoms with van der Waals surface area (Å²) in [6.07, 6.45) is 0. The topological polar surface area (TPSA) is 108 Å². The minimum Gasteiger partial charge on any atom is -0.353 e. The van der Waals surface area contributed by atoms with Crippen molar-refractivity contribution < 1.29 is 19.2 Å². The first-order valence-corrected chi connectivity index (χ1v) is 6.76. The summed E-state index contributed by atoms with van der Waals surface area (Å²) < 4.78 is 0. The Hall–Kier alpha value is -2.90. The maximum atomic E-state index is 11.7. The van der Waals surface area contributed by atoms with Crippen molar-refractivity contribution in [3.8, 4) is 0 Å². The first-order valence-electron chi connectivity index (χ1n) is 6.76. The van der Waals surface area contributed by atoms with E-state index in [9.17, 15) is 19.2 Å². The zero-order valence-corrected chi connectivity index (χ0v) is 11.8. The van der Waals surface area contributed by atoms with E-state index in [1.54, 1.807) is 30.3 Å². The fourth-order valence-electron chi connectivity index (χ4n) is 1.90. The summed E-state index contributed by atoms with van der Waals surface area (Å²) in [5, 5.41) is 7.40. The fraction of sp³-hybridized carbons (Fsp3) is 0.286. The molecule has 0 spiro atoms. The van der Waals surface area contributed by atoms with Gasteiger partial charge in [0, 0.05) is 18.7 Å². The second kappa shape index (κ2) is 7.21. The van der Waals surface area contributed by atoms with Gasteiger partial charge >= 0.3 is 6.03 Å². The number of urea groups is 1. The molecule has 1 aliphatic rings. The number of carbonyl (C=O) groups excluding carboxylic acids is 4. The van der Waals surface area contributed by atoms with E-state index in [2.05, 4.69) is 16.0 Å². The summed E-state index contributed by atoms with van der Waals surface area (Å²) in [5.74, 6) is -1.06. The van der Waals surface area contributed by atoms with E-state index < -0.39 is 11.9 Å². The first kappa shape index (κ1) is 15.5. The summed E-state index contributed by atoms with van der Waals surface area (Å²) >= 11 is 0. The molecular formula is C14H16N4O4. The van der Waals surface area contributed by atoms with Crippen LogP contribution in [0.15, 0.2) is 30.3 Å². The molecule has 1 aromatic carbocycles. The Morgan fingerprint density at radius 2 is 1.86 bits per heavy atom. The van der Waals surface area contributed by atoms with Crippen LogP contribution in [0.4, 0.5) is 4.79 Å². The lowest BCUT2D eigenvalue weighted by atomic mass is 10.2. The molecule has 2 rings (SSSR count). The molecule has 1 aromatic rings. The highest BCUT2D eigenvalue weighted by Gasteiger charge is 2.27. The Balaban J connectivity index is 1.67. The summed E-state index contributed by atoms with van der Waals surface area (Å²) in [6.45, 7) is 0.0516. The smallest absolute Gasteiger partial charge is 0.324 e. The van der Waals surface area contributed by atoms with E-state index in [0.29, 0.717) is 5.56 Å². The van der Waals surface area contributed by atoms with Crippen molar-refractivity contribution in [3.05, 3.63) is 35.9 Å². The Morgan fingerprint density at radius 3 is 2.50 bits per heavy atom. The Morgan fingerprint density at radius 1 is 1.14 bits per heavy atom. The van der Waals surface area contributed by atoms with Gasteiger partial charge in [-0.3, -0.25) is 19.3 Å². The summed E-state index contributed by atoms with van der Waals surface area (Å²) in [7, 11) is 0. The van der Waals surface area contributed by atoms with Crippen LogP contribution in [0.3, 0.4) is 0 Å². The third kappa shape index (κ3) is 4.05. The molecule has 5 amide bonds. The van der Waals surface area contributed by atoms with Gasteiger partial charge < -0.3 is 16.0 Å². The summed E-state index contributed by atoms with van der Waals surface area (Å²) in [4.78, 5) is 46.9. The molecule has 116 valence electrons. The highest BCUT2D eigenvalue weighted by Crippen LogP contribution is 1.98. The van der Waals surface area contributed by atoms with Gasteiger partial charge in [-0.2, -0.15) is 0 Å². The Kier molecular flexibility index (Phi) is 5.07. The van der Waals surface area contributed by atoms with Gasteiger partial charge in [0.05, 0.1) is 13.1 Å². The van der Waals surface area contributed by atoms with Crippen LogP contribution >= 0.6 is 0 Å². The van der Waals surface area contributed by atoms with Crippen LogP contribution in [-0.2, 0) is 9.59 Å². The molecule has 1 fully saturated rings. The molecule has 3 N–H and O–H groups in total. The molecule has 0 aliphatic carbocycles. The van der Waals surface area contributed by atoms with Gasteiger partial charge in [0.1, 0.15) is 0 Å². The van der Waals surface area contributed by atoms with E-state index in [-0.39, 0.29) is 38.0 Å². The molecule has 0 saturated carbocycles. The van der Waals surface area contributed by atoms with Gasteiger partial charge in [-0.15, -0.1) is 0 Å². The van der Waals surface area contributed by atoms with Crippen molar-refractivity contribution in [1.82, 2.24) is 20.9 Å². The monoisotopic (exact) mass is 304 g/mol. The number of carbonyl (C=O) groups is 4. The van der Waals surface area contributed by atoms with Crippen LogP contribution in [0, 0.1) is 0 Å². The minimum atomic E-state index is -0.461.